The predicted octanol–water partition coefficient (Wildman–Crippen LogP) is 4.38. The van der Waals surface area contributed by atoms with Crippen LogP contribution in [-0.2, 0) is 0 Å². The van der Waals surface area contributed by atoms with E-state index in [1.165, 1.54) is 12.5 Å². The van der Waals surface area contributed by atoms with Gasteiger partial charge in [-0.1, -0.05) is 24.6 Å². The smallest absolute Gasteiger partial charge is 0.287 e. The Bertz CT molecular complexity index is 1160. The van der Waals surface area contributed by atoms with Crippen LogP contribution >= 0.6 is 0 Å². The van der Waals surface area contributed by atoms with Crippen molar-refractivity contribution in [3.8, 4) is 5.75 Å². The van der Waals surface area contributed by atoms with Gasteiger partial charge < -0.3 is 14.5 Å². The van der Waals surface area contributed by atoms with E-state index in [4.69, 9.17) is 9.15 Å². The van der Waals surface area contributed by atoms with Crippen molar-refractivity contribution in [2.24, 2.45) is 0 Å². The molecule has 1 fully saturated rings. The van der Waals surface area contributed by atoms with Gasteiger partial charge in [-0.05, 0) is 74.7 Å². The first-order valence-electron chi connectivity index (χ1n) is 11.2. The van der Waals surface area contributed by atoms with Gasteiger partial charge in [0, 0.05) is 12.6 Å². The maximum atomic E-state index is 13.0. The fourth-order valence-corrected chi connectivity index (χ4v) is 4.35. The number of nitrogens with one attached hydrogen (secondary N) is 1. The third-order valence-corrected chi connectivity index (χ3v) is 6.43. The molecule has 1 amide bonds. The Kier molecular flexibility index (Phi) is 6.61. The number of methoxy groups -OCH3 is 1. The number of carbonyl (C=O) groups is 1. The molecule has 6 nitrogen and oxygen atoms in total. The van der Waals surface area contributed by atoms with Gasteiger partial charge in [0.25, 0.3) is 5.91 Å². The second kappa shape index (κ2) is 9.57. The van der Waals surface area contributed by atoms with Gasteiger partial charge in [0.1, 0.15) is 11.3 Å². The van der Waals surface area contributed by atoms with Crippen LogP contribution in [0.1, 0.15) is 52.5 Å². The minimum atomic E-state index is -0.375. The third kappa shape index (κ3) is 4.55. The summed E-state index contributed by atoms with van der Waals surface area (Å²) in [6, 6.07) is 13.0. The molecule has 0 radical (unpaired) electrons. The second-order valence-electron chi connectivity index (χ2n) is 8.45. The molecule has 2 heterocycles. The second-order valence-corrected chi connectivity index (χ2v) is 8.45. The van der Waals surface area contributed by atoms with Crippen LogP contribution in [0.5, 0.6) is 5.75 Å². The Labute approximate surface area is 188 Å². The standard InChI is InChI=1S/C26H30N2O4/c1-17-7-12-21-23(29)15-24(32-25(21)18(17)2)26(30)27-16-22(28-13-5-4-6-14-28)19-8-10-20(31-3)11-9-19/h7-12,15,22H,4-6,13-14,16H2,1-3H3,(H,27,30)/t22-/m1/s1. The van der Waals surface area contributed by atoms with Gasteiger partial charge >= 0.3 is 0 Å². The van der Waals surface area contributed by atoms with Crippen LogP contribution < -0.4 is 15.5 Å². The summed E-state index contributed by atoms with van der Waals surface area (Å²) in [6.45, 7) is 6.28. The van der Waals surface area contributed by atoms with E-state index in [-0.39, 0.29) is 23.1 Å². The Morgan fingerprint density at radius 2 is 1.81 bits per heavy atom. The minimum Gasteiger partial charge on any atom is -0.497 e. The zero-order valence-corrected chi connectivity index (χ0v) is 18.9. The quantitative estimate of drug-likeness (QED) is 0.624. The molecule has 1 atom stereocenters. The lowest BCUT2D eigenvalue weighted by Crippen LogP contribution is -2.40. The van der Waals surface area contributed by atoms with Crippen molar-refractivity contribution >= 4 is 16.9 Å². The molecular formula is C26H30N2O4. The molecule has 0 bridgehead atoms. The maximum absolute atomic E-state index is 13.0. The summed E-state index contributed by atoms with van der Waals surface area (Å²) < 4.78 is 11.2. The first kappa shape index (κ1) is 22.1. The topological polar surface area (TPSA) is 71.8 Å². The van der Waals surface area contributed by atoms with Crippen LogP contribution in [0.25, 0.3) is 11.0 Å². The van der Waals surface area contributed by atoms with Gasteiger partial charge in [-0.2, -0.15) is 0 Å². The van der Waals surface area contributed by atoms with Crippen molar-refractivity contribution in [1.82, 2.24) is 10.2 Å². The molecule has 2 aromatic carbocycles. The number of ether oxygens (including phenoxy) is 1. The van der Waals surface area contributed by atoms with E-state index in [1.807, 2.05) is 44.2 Å². The minimum absolute atomic E-state index is 0.0429. The van der Waals surface area contributed by atoms with E-state index in [0.29, 0.717) is 17.5 Å². The highest BCUT2D eigenvalue weighted by Gasteiger charge is 2.24. The summed E-state index contributed by atoms with van der Waals surface area (Å²) in [4.78, 5) is 28.0. The van der Waals surface area contributed by atoms with Gasteiger partial charge in [-0.25, -0.2) is 0 Å². The van der Waals surface area contributed by atoms with Gasteiger partial charge in [0.05, 0.1) is 18.5 Å². The molecule has 6 heteroatoms. The highest BCUT2D eigenvalue weighted by atomic mass is 16.5. The first-order valence-corrected chi connectivity index (χ1v) is 11.2. The third-order valence-electron chi connectivity index (χ3n) is 6.43. The molecule has 168 valence electrons. The fraction of sp³-hybridized carbons (Fsp3) is 0.385. The normalized spacial score (nSPS) is 15.5. The van der Waals surface area contributed by atoms with Gasteiger partial charge in [-0.15, -0.1) is 0 Å². The maximum Gasteiger partial charge on any atom is 0.287 e. The summed E-state index contributed by atoms with van der Waals surface area (Å²) in [5.41, 5.74) is 3.29. The summed E-state index contributed by atoms with van der Waals surface area (Å²) in [5.74, 6) is 0.475. The van der Waals surface area contributed by atoms with Crippen LogP contribution in [0.4, 0.5) is 0 Å². The average Bonchev–Trinajstić information content (AvgIpc) is 2.82. The Morgan fingerprint density at radius 3 is 2.50 bits per heavy atom. The van der Waals surface area contributed by atoms with Gasteiger partial charge in [0.2, 0.25) is 0 Å². The van der Waals surface area contributed by atoms with Crippen molar-refractivity contribution in [1.29, 1.82) is 0 Å². The molecular weight excluding hydrogens is 404 g/mol. The van der Waals surface area contributed by atoms with Gasteiger partial charge in [-0.3, -0.25) is 14.5 Å². The number of nitrogens with zero attached hydrogens (tertiary/aromatic N) is 1. The molecule has 0 unspecified atom stereocenters. The number of piperidine rings is 1. The van der Waals surface area contributed by atoms with E-state index in [0.717, 1.165) is 48.4 Å². The lowest BCUT2D eigenvalue weighted by molar-refractivity contribution is 0.0897. The molecule has 4 rings (SSSR count). The van der Waals surface area contributed by atoms with E-state index < -0.39 is 0 Å². The molecule has 0 spiro atoms. The van der Waals surface area contributed by atoms with E-state index in [1.54, 1.807) is 13.2 Å². The highest BCUT2D eigenvalue weighted by Crippen LogP contribution is 2.26. The number of carbonyl (C=O) groups excluding carboxylic acids is 1. The van der Waals surface area contributed by atoms with Crippen molar-refractivity contribution in [2.45, 2.75) is 39.2 Å². The Hall–Kier alpha value is -3.12. The lowest BCUT2D eigenvalue weighted by Gasteiger charge is -2.35. The number of fused-ring (bicyclic) bond motifs is 1. The molecule has 1 N–H and O–H groups in total. The first-order chi connectivity index (χ1) is 15.5. The monoisotopic (exact) mass is 434 g/mol. The summed E-state index contributed by atoms with van der Waals surface area (Å²) in [7, 11) is 1.65. The number of hydrogen-bond donors (Lipinski definition) is 1. The van der Waals surface area contributed by atoms with E-state index in [9.17, 15) is 9.59 Å². The highest BCUT2D eigenvalue weighted by molar-refractivity contribution is 5.93. The van der Waals surface area contributed by atoms with Crippen LogP contribution in [0.15, 0.2) is 51.7 Å². The summed E-state index contributed by atoms with van der Waals surface area (Å²) in [5, 5.41) is 3.50. The van der Waals surface area contributed by atoms with Gasteiger partial charge in [0.15, 0.2) is 11.2 Å². The molecule has 0 aliphatic carbocycles. The molecule has 3 aromatic rings. The SMILES string of the molecule is COc1ccc([C@@H](CNC(=O)c2cc(=O)c3ccc(C)c(C)c3o2)N2CCCCC2)cc1. The molecule has 0 saturated carbocycles. The largest absolute Gasteiger partial charge is 0.497 e. The van der Waals surface area contributed by atoms with E-state index in [2.05, 4.69) is 10.2 Å². The zero-order valence-electron chi connectivity index (χ0n) is 18.9. The fourth-order valence-electron chi connectivity index (χ4n) is 4.35. The summed E-state index contributed by atoms with van der Waals surface area (Å²) >= 11 is 0. The molecule has 1 aliphatic heterocycles. The van der Waals surface area contributed by atoms with Crippen LogP contribution in [-0.4, -0.2) is 37.6 Å². The lowest BCUT2D eigenvalue weighted by atomic mass is 10.0. The Morgan fingerprint density at radius 1 is 1.09 bits per heavy atom. The zero-order chi connectivity index (χ0) is 22.7. The van der Waals surface area contributed by atoms with Crippen LogP contribution in [0.2, 0.25) is 0 Å². The number of aryl methyl sites for hydroxylation is 2. The van der Waals surface area contributed by atoms with Crippen molar-refractivity contribution in [3.05, 3.63) is 75.1 Å². The molecule has 1 saturated heterocycles. The number of benzene rings is 2. The van der Waals surface area contributed by atoms with Crippen molar-refractivity contribution < 1.29 is 13.9 Å². The van der Waals surface area contributed by atoms with E-state index >= 15 is 0 Å². The molecule has 1 aliphatic rings. The number of likely N-dealkylation sites (tertiary alicyclic amines) is 1. The Balaban J connectivity index is 1.57. The van der Waals surface area contributed by atoms with Crippen molar-refractivity contribution in [3.63, 3.8) is 0 Å². The molecule has 32 heavy (non-hydrogen) atoms. The van der Waals surface area contributed by atoms with Crippen LogP contribution in [0.3, 0.4) is 0 Å². The predicted molar refractivity (Wildman–Crippen MR) is 125 cm³/mol. The number of rotatable bonds is 6. The molecule has 1 aromatic heterocycles. The van der Waals surface area contributed by atoms with Crippen molar-refractivity contribution in [2.75, 3.05) is 26.7 Å². The van der Waals surface area contributed by atoms with Crippen LogP contribution in [0, 0.1) is 13.8 Å². The summed E-state index contributed by atoms with van der Waals surface area (Å²) in [6.07, 6.45) is 3.54. The average molecular weight is 435 g/mol. The number of hydrogen-bond acceptors (Lipinski definition) is 5. The number of amides is 1.